The van der Waals surface area contributed by atoms with E-state index < -0.39 is 6.10 Å². The average Bonchev–Trinajstić information content (AvgIpc) is 2.95. The number of aliphatic hydroxyl groups excluding tert-OH is 1. The second kappa shape index (κ2) is 5.72. The molecule has 1 aliphatic rings. The topological polar surface area (TPSA) is 61.0 Å². The molecule has 0 bridgehead atoms. The Labute approximate surface area is 127 Å². The van der Waals surface area contributed by atoms with Crippen molar-refractivity contribution in [2.24, 2.45) is 10.4 Å². The molecule has 0 radical (unpaired) electrons. The summed E-state index contributed by atoms with van der Waals surface area (Å²) in [6.07, 6.45) is 0.861. The van der Waals surface area contributed by atoms with Crippen LogP contribution in [0.5, 0.6) is 0 Å². The lowest BCUT2D eigenvalue weighted by Crippen LogP contribution is -2.72. The summed E-state index contributed by atoms with van der Waals surface area (Å²) >= 11 is 0. The highest BCUT2D eigenvalue weighted by Gasteiger charge is 2.53. The van der Waals surface area contributed by atoms with Crippen molar-refractivity contribution in [2.45, 2.75) is 46.3 Å². The van der Waals surface area contributed by atoms with Crippen LogP contribution in [0.1, 0.15) is 46.5 Å². The summed E-state index contributed by atoms with van der Waals surface area (Å²) in [7, 11) is 0. The SMILES string of the molecule is CCNC(=NCC(O)c1ccco1)N1CC(C)(C)C1(C)C. The van der Waals surface area contributed by atoms with Crippen LogP contribution in [0.3, 0.4) is 0 Å². The van der Waals surface area contributed by atoms with E-state index in [2.05, 4.69) is 49.8 Å². The third-order valence-corrected chi connectivity index (χ3v) is 4.76. The Morgan fingerprint density at radius 3 is 2.67 bits per heavy atom. The number of nitrogens with zero attached hydrogens (tertiary/aromatic N) is 2. The van der Waals surface area contributed by atoms with Gasteiger partial charge < -0.3 is 19.7 Å². The molecular weight excluding hydrogens is 266 g/mol. The fourth-order valence-electron chi connectivity index (χ4n) is 2.54. The molecular formula is C16H27N3O2. The van der Waals surface area contributed by atoms with E-state index in [4.69, 9.17) is 4.42 Å². The predicted molar refractivity (Wildman–Crippen MR) is 84.2 cm³/mol. The van der Waals surface area contributed by atoms with Gasteiger partial charge in [-0.05, 0) is 32.9 Å². The second-order valence-electron chi connectivity index (χ2n) is 6.75. The molecule has 5 nitrogen and oxygen atoms in total. The highest BCUT2D eigenvalue weighted by atomic mass is 16.4. The Morgan fingerprint density at radius 2 is 2.19 bits per heavy atom. The first-order valence-corrected chi connectivity index (χ1v) is 7.57. The van der Waals surface area contributed by atoms with Gasteiger partial charge in [-0.15, -0.1) is 0 Å². The van der Waals surface area contributed by atoms with Gasteiger partial charge in [0.05, 0.1) is 12.8 Å². The maximum Gasteiger partial charge on any atom is 0.194 e. The van der Waals surface area contributed by atoms with Crippen molar-refractivity contribution in [3.05, 3.63) is 24.2 Å². The number of nitrogens with one attached hydrogen (secondary N) is 1. The van der Waals surface area contributed by atoms with Crippen molar-refractivity contribution in [3.8, 4) is 0 Å². The number of guanidine groups is 1. The molecule has 1 unspecified atom stereocenters. The van der Waals surface area contributed by atoms with Crippen molar-refractivity contribution < 1.29 is 9.52 Å². The maximum absolute atomic E-state index is 10.1. The van der Waals surface area contributed by atoms with E-state index in [1.165, 1.54) is 0 Å². The van der Waals surface area contributed by atoms with E-state index >= 15 is 0 Å². The van der Waals surface area contributed by atoms with Crippen molar-refractivity contribution in [3.63, 3.8) is 0 Å². The molecule has 1 fully saturated rings. The molecule has 0 spiro atoms. The highest BCUT2D eigenvalue weighted by Crippen LogP contribution is 2.46. The van der Waals surface area contributed by atoms with Crippen LogP contribution in [0.2, 0.25) is 0 Å². The van der Waals surface area contributed by atoms with Gasteiger partial charge in [0.1, 0.15) is 11.9 Å². The van der Waals surface area contributed by atoms with Gasteiger partial charge in [-0.25, -0.2) is 4.99 Å². The number of furan rings is 1. The lowest BCUT2D eigenvalue weighted by molar-refractivity contribution is -0.0669. The quantitative estimate of drug-likeness (QED) is 0.661. The van der Waals surface area contributed by atoms with Crippen LogP contribution < -0.4 is 5.32 Å². The normalized spacial score (nSPS) is 21.8. The molecule has 0 amide bonds. The summed E-state index contributed by atoms with van der Waals surface area (Å²) in [4.78, 5) is 6.84. The fourth-order valence-corrected chi connectivity index (χ4v) is 2.54. The molecule has 1 saturated heterocycles. The van der Waals surface area contributed by atoms with Gasteiger partial charge in [-0.1, -0.05) is 13.8 Å². The molecule has 2 heterocycles. The monoisotopic (exact) mass is 293 g/mol. The minimum Gasteiger partial charge on any atom is -0.467 e. The molecule has 1 aliphatic heterocycles. The summed E-state index contributed by atoms with van der Waals surface area (Å²) in [5.41, 5.74) is 0.298. The van der Waals surface area contributed by atoms with Gasteiger partial charge in [0, 0.05) is 24.0 Å². The maximum atomic E-state index is 10.1. The van der Waals surface area contributed by atoms with E-state index in [1.54, 1.807) is 18.4 Å². The average molecular weight is 293 g/mol. The van der Waals surface area contributed by atoms with Gasteiger partial charge in [-0.2, -0.15) is 0 Å². The summed E-state index contributed by atoms with van der Waals surface area (Å²) in [6.45, 7) is 13.1. The molecule has 5 heteroatoms. The largest absolute Gasteiger partial charge is 0.467 e. The van der Waals surface area contributed by atoms with Crippen LogP contribution in [0.4, 0.5) is 0 Å². The number of likely N-dealkylation sites (tertiary alicyclic amines) is 1. The third-order valence-electron chi connectivity index (χ3n) is 4.76. The zero-order chi connectivity index (χ0) is 15.7. The standard InChI is InChI=1S/C16H27N3O2/c1-6-17-14(19-11-15(2,3)16(19,4)5)18-10-12(20)13-8-7-9-21-13/h7-9,12,20H,6,10-11H2,1-5H3,(H,17,18). The summed E-state index contributed by atoms with van der Waals surface area (Å²) in [5.74, 6) is 1.41. The van der Waals surface area contributed by atoms with Crippen LogP contribution in [0.15, 0.2) is 27.8 Å². The van der Waals surface area contributed by atoms with E-state index in [9.17, 15) is 5.11 Å². The zero-order valence-electron chi connectivity index (χ0n) is 13.7. The molecule has 1 aromatic rings. The van der Waals surface area contributed by atoms with Crippen LogP contribution in [-0.4, -0.2) is 41.1 Å². The first kappa shape index (κ1) is 15.9. The van der Waals surface area contributed by atoms with Crippen LogP contribution in [-0.2, 0) is 0 Å². The predicted octanol–water partition coefficient (Wildman–Crippen LogP) is 2.40. The third kappa shape index (κ3) is 2.93. The Kier molecular flexibility index (Phi) is 4.33. The number of hydrogen-bond donors (Lipinski definition) is 2. The van der Waals surface area contributed by atoms with Gasteiger partial charge in [0.2, 0.25) is 0 Å². The van der Waals surface area contributed by atoms with Crippen molar-refractivity contribution >= 4 is 5.96 Å². The molecule has 21 heavy (non-hydrogen) atoms. The van der Waals surface area contributed by atoms with Crippen molar-refractivity contribution in [1.29, 1.82) is 0 Å². The fraction of sp³-hybridized carbons (Fsp3) is 0.688. The lowest BCUT2D eigenvalue weighted by Gasteiger charge is -2.62. The molecule has 0 aromatic carbocycles. The van der Waals surface area contributed by atoms with Crippen LogP contribution in [0, 0.1) is 5.41 Å². The number of aliphatic hydroxyl groups is 1. The van der Waals surface area contributed by atoms with E-state index in [1.807, 2.05) is 0 Å². The Bertz CT molecular complexity index is 492. The minimum absolute atomic E-state index is 0.0453. The van der Waals surface area contributed by atoms with Crippen LogP contribution in [0.25, 0.3) is 0 Å². The second-order valence-corrected chi connectivity index (χ2v) is 6.75. The van der Waals surface area contributed by atoms with Gasteiger partial charge in [0.15, 0.2) is 5.96 Å². The first-order valence-electron chi connectivity index (χ1n) is 7.57. The molecule has 1 atom stereocenters. The van der Waals surface area contributed by atoms with Gasteiger partial charge in [0.25, 0.3) is 0 Å². The number of hydrogen-bond acceptors (Lipinski definition) is 3. The summed E-state index contributed by atoms with van der Waals surface area (Å²) in [6, 6.07) is 3.54. The van der Waals surface area contributed by atoms with E-state index in [0.29, 0.717) is 12.3 Å². The summed E-state index contributed by atoms with van der Waals surface area (Å²) < 4.78 is 5.21. The lowest BCUT2D eigenvalue weighted by atomic mass is 9.65. The first-order chi connectivity index (χ1) is 9.79. The van der Waals surface area contributed by atoms with Crippen molar-refractivity contribution in [2.75, 3.05) is 19.6 Å². The molecule has 2 N–H and O–H groups in total. The number of aliphatic imine (C=N–C) groups is 1. The van der Waals surface area contributed by atoms with E-state index in [0.717, 1.165) is 19.0 Å². The molecule has 0 saturated carbocycles. The van der Waals surface area contributed by atoms with E-state index in [-0.39, 0.29) is 11.0 Å². The molecule has 118 valence electrons. The highest BCUT2D eigenvalue weighted by molar-refractivity contribution is 5.82. The summed E-state index contributed by atoms with van der Waals surface area (Å²) in [5, 5.41) is 13.4. The molecule has 1 aromatic heterocycles. The van der Waals surface area contributed by atoms with Gasteiger partial charge in [-0.3, -0.25) is 0 Å². The smallest absolute Gasteiger partial charge is 0.194 e. The Morgan fingerprint density at radius 1 is 1.48 bits per heavy atom. The number of rotatable bonds is 4. The zero-order valence-corrected chi connectivity index (χ0v) is 13.7. The van der Waals surface area contributed by atoms with Gasteiger partial charge >= 0.3 is 0 Å². The van der Waals surface area contributed by atoms with Crippen molar-refractivity contribution in [1.82, 2.24) is 10.2 Å². The molecule has 2 rings (SSSR count). The minimum atomic E-state index is -0.703. The Balaban J connectivity index is 2.07. The van der Waals surface area contributed by atoms with Crippen LogP contribution >= 0.6 is 0 Å². The Hall–Kier alpha value is -1.49. The molecule has 0 aliphatic carbocycles.